The topological polar surface area (TPSA) is 67.3 Å². The number of hydrogen-bond acceptors (Lipinski definition) is 6. The van der Waals surface area contributed by atoms with Crippen molar-refractivity contribution >= 4 is 27.2 Å². The van der Waals surface area contributed by atoms with Crippen LogP contribution in [0.4, 0.5) is 5.13 Å². The normalized spacial score (nSPS) is 10.7. The maximum atomic E-state index is 10.0. The molecule has 0 amide bonds. The molecule has 20 heavy (non-hydrogen) atoms. The van der Waals surface area contributed by atoms with Gasteiger partial charge in [0.1, 0.15) is 11.4 Å². The number of pyridine rings is 1. The van der Waals surface area contributed by atoms with Gasteiger partial charge in [-0.1, -0.05) is 0 Å². The SMILES string of the molecule is CNc1nc(-c2cc3cc(OC)ccc3c(O)n2)cs1. The summed E-state index contributed by atoms with van der Waals surface area (Å²) in [6, 6.07) is 7.35. The lowest BCUT2D eigenvalue weighted by Crippen LogP contribution is -1.89. The molecular weight excluding hydrogens is 274 g/mol. The molecule has 0 unspecified atom stereocenters. The Labute approximate surface area is 119 Å². The van der Waals surface area contributed by atoms with Crippen molar-refractivity contribution in [1.29, 1.82) is 0 Å². The Morgan fingerprint density at radius 2 is 2.05 bits per heavy atom. The van der Waals surface area contributed by atoms with E-state index in [2.05, 4.69) is 15.3 Å². The van der Waals surface area contributed by atoms with Gasteiger partial charge in [-0.25, -0.2) is 9.97 Å². The lowest BCUT2D eigenvalue weighted by molar-refractivity contribution is 0.415. The smallest absolute Gasteiger partial charge is 0.219 e. The molecule has 2 N–H and O–H groups in total. The molecule has 6 heteroatoms. The number of thiazole rings is 1. The van der Waals surface area contributed by atoms with Crippen LogP contribution in [-0.4, -0.2) is 29.2 Å². The summed E-state index contributed by atoms with van der Waals surface area (Å²) >= 11 is 1.49. The summed E-state index contributed by atoms with van der Waals surface area (Å²) in [4.78, 5) is 8.60. The summed E-state index contributed by atoms with van der Waals surface area (Å²) in [5, 5.41) is 17.3. The fourth-order valence-corrected chi connectivity index (χ4v) is 2.65. The molecule has 0 aliphatic heterocycles. The molecule has 3 aromatic rings. The first-order valence-corrected chi connectivity index (χ1v) is 6.90. The molecule has 102 valence electrons. The fourth-order valence-electron chi connectivity index (χ4n) is 1.98. The van der Waals surface area contributed by atoms with Gasteiger partial charge >= 0.3 is 0 Å². The van der Waals surface area contributed by atoms with E-state index in [1.165, 1.54) is 11.3 Å². The van der Waals surface area contributed by atoms with Gasteiger partial charge in [-0.05, 0) is 29.7 Å². The fraction of sp³-hybridized carbons (Fsp3) is 0.143. The molecule has 1 aromatic carbocycles. The van der Waals surface area contributed by atoms with Crippen molar-refractivity contribution in [3.63, 3.8) is 0 Å². The van der Waals surface area contributed by atoms with E-state index >= 15 is 0 Å². The van der Waals surface area contributed by atoms with Crippen LogP contribution in [0.1, 0.15) is 0 Å². The standard InChI is InChI=1S/C14H13N3O2S/c1-15-14-17-12(7-20-14)11-6-8-5-9(19-2)3-4-10(8)13(18)16-11/h3-7H,1-2H3,(H,15,17)(H,16,18). The number of aromatic nitrogens is 2. The highest BCUT2D eigenvalue weighted by atomic mass is 32.1. The number of methoxy groups -OCH3 is 1. The number of nitrogens with zero attached hydrogens (tertiary/aromatic N) is 2. The number of rotatable bonds is 3. The maximum Gasteiger partial charge on any atom is 0.219 e. The lowest BCUT2D eigenvalue weighted by Gasteiger charge is -2.05. The van der Waals surface area contributed by atoms with Gasteiger partial charge in [-0.3, -0.25) is 0 Å². The molecule has 0 bridgehead atoms. The molecule has 0 aliphatic rings. The van der Waals surface area contributed by atoms with Gasteiger partial charge in [0, 0.05) is 17.8 Å². The molecule has 0 atom stereocenters. The van der Waals surface area contributed by atoms with Gasteiger partial charge in [0.2, 0.25) is 5.88 Å². The number of anilines is 1. The predicted molar refractivity (Wildman–Crippen MR) is 80.6 cm³/mol. The van der Waals surface area contributed by atoms with Gasteiger partial charge in [-0.2, -0.15) is 0 Å². The molecule has 2 heterocycles. The lowest BCUT2D eigenvalue weighted by atomic mass is 10.1. The Kier molecular flexibility index (Phi) is 3.15. The highest BCUT2D eigenvalue weighted by molar-refractivity contribution is 7.14. The van der Waals surface area contributed by atoms with E-state index in [1.807, 2.05) is 24.6 Å². The van der Waals surface area contributed by atoms with Crippen molar-refractivity contribution in [1.82, 2.24) is 9.97 Å². The molecule has 0 aliphatic carbocycles. The van der Waals surface area contributed by atoms with Crippen LogP contribution in [0.3, 0.4) is 0 Å². The second-order valence-electron chi connectivity index (χ2n) is 4.21. The van der Waals surface area contributed by atoms with Crippen LogP contribution in [0, 0.1) is 0 Å². The van der Waals surface area contributed by atoms with Crippen LogP contribution in [0.2, 0.25) is 0 Å². The quantitative estimate of drug-likeness (QED) is 0.774. The highest BCUT2D eigenvalue weighted by Crippen LogP contribution is 2.31. The summed E-state index contributed by atoms with van der Waals surface area (Å²) in [6.45, 7) is 0. The van der Waals surface area contributed by atoms with E-state index in [-0.39, 0.29) is 5.88 Å². The summed E-state index contributed by atoms with van der Waals surface area (Å²) in [7, 11) is 3.43. The Bertz CT molecular complexity index is 770. The first-order valence-electron chi connectivity index (χ1n) is 6.02. The van der Waals surface area contributed by atoms with E-state index in [1.54, 1.807) is 19.2 Å². The van der Waals surface area contributed by atoms with Gasteiger partial charge in [0.05, 0.1) is 12.8 Å². The van der Waals surface area contributed by atoms with Crippen LogP contribution in [0.5, 0.6) is 11.6 Å². The van der Waals surface area contributed by atoms with Crippen molar-refractivity contribution in [3.05, 3.63) is 29.6 Å². The molecule has 0 spiro atoms. The monoisotopic (exact) mass is 287 g/mol. The van der Waals surface area contributed by atoms with Crippen molar-refractivity contribution in [2.45, 2.75) is 0 Å². The van der Waals surface area contributed by atoms with Gasteiger partial charge < -0.3 is 15.2 Å². The molecule has 0 fully saturated rings. The predicted octanol–water partition coefficient (Wildman–Crippen LogP) is 3.11. The summed E-state index contributed by atoms with van der Waals surface area (Å²) in [5.74, 6) is 0.738. The van der Waals surface area contributed by atoms with Crippen LogP contribution in [0.25, 0.3) is 22.2 Å². The third-order valence-corrected chi connectivity index (χ3v) is 3.86. The van der Waals surface area contributed by atoms with Crippen LogP contribution in [-0.2, 0) is 0 Å². The van der Waals surface area contributed by atoms with Crippen LogP contribution < -0.4 is 10.1 Å². The Balaban J connectivity index is 2.16. The maximum absolute atomic E-state index is 10.0. The van der Waals surface area contributed by atoms with E-state index in [4.69, 9.17) is 4.74 Å². The van der Waals surface area contributed by atoms with E-state index in [0.717, 1.165) is 22.0 Å². The van der Waals surface area contributed by atoms with Gasteiger partial charge in [0.25, 0.3) is 0 Å². The van der Waals surface area contributed by atoms with Gasteiger partial charge in [0.15, 0.2) is 5.13 Å². The molecule has 0 saturated heterocycles. The summed E-state index contributed by atoms with van der Waals surface area (Å²) in [6.07, 6.45) is 0. The number of aromatic hydroxyl groups is 1. The summed E-state index contributed by atoms with van der Waals surface area (Å²) < 4.78 is 5.20. The average molecular weight is 287 g/mol. The Morgan fingerprint density at radius 1 is 1.20 bits per heavy atom. The third-order valence-electron chi connectivity index (χ3n) is 3.00. The minimum Gasteiger partial charge on any atom is -0.497 e. The Hall–Kier alpha value is -2.34. The number of ether oxygens (including phenoxy) is 1. The van der Waals surface area contributed by atoms with Crippen molar-refractivity contribution < 1.29 is 9.84 Å². The molecule has 0 radical (unpaired) electrons. The number of nitrogens with one attached hydrogen (secondary N) is 1. The van der Waals surface area contributed by atoms with Crippen molar-refractivity contribution in [2.75, 3.05) is 19.5 Å². The molecule has 5 nitrogen and oxygen atoms in total. The molecule has 3 rings (SSSR count). The average Bonchev–Trinajstić information content (AvgIpc) is 2.95. The molecule has 0 saturated carbocycles. The zero-order chi connectivity index (χ0) is 14.1. The van der Waals surface area contributed by atoms with Crippen molar-refractivity contribution in [2.24, 2.45) is 0 Å². The minimum atomic E-state index is -0.000777. The second-order valence-corrected chi connectivity index (χ2v) is 5.06. The zero-order valence-electron chi connectivity index (χ0n) is 11.0. The van der Waals surface area contributed by atoms with E-state index in [9.17, 15) is 5.11 Å². The van der Waals surface area contributed by atoms with E-state index < -0.39 is 0 Å². The second kappa shape index (κ2) is 4.97. The number of fused-ring (bicyclic) bond motifs is 1. The molecule has 2 aromatic heterocycles. The zero-order valence-corrected chi connectivity index (χ0v) is 11.9. The van der Waals surface area contributed by atoms with Crippen molar-refractivity contribution in [3.8, 4) is 23.0 Å². The first-order chi connectivity index (χ1) is 9.71. The highest BCUT2D eigenvalue weighted by Gasteiger charge is 2.10. The summed E-state index contributed by atoms with van der Waals surface area (Å²) in [5.41, 5.74) is 1.38. The number of hydrogen-bond donors (Lipinski definition) is 2. The Morgan fingerprint density at radius 3 is 2.75 bits per heavy atom. The largest absolute Gasteiger partial charge is 0.497 e. The van der Waals surface area contributed by atoms with Crippen LogP contribution >= 0.6 is 11.3 Å². The van der Waals surface area contributed by atoms with Gasteiger partial charge in [-0.15, -0.1) is 11.3 Å². The first kappa shape index (κ1) is 12.7. The third kappa shape index (κ3) is 2.14. The van der Waals surface area contributed by atoms with E-state index in [0.29, 0.717) is 11.1 Å². The van der Waals surface area contributed by atoms with Crippen LogP contribution in [0.15, 0.2) is 29.6 Å². The minimum absolute atomic E-state index is 0.000777. The molecular formula is C14H13N3O2S. The number of benzene rings is 1.